The van der Waals surface area contributed by atoms with Crippen LogP contribution >= 0.6 is 11.3 Å². The minimum absolute atomic E-state index is 0.0157. The van der Waals surface area contributed by atoms with E-state index < -0.39 is 5.92 Å². The normalized spacial score (nSPS) is 13.8. The third kappa shape index (κ3) is 5.59. The molecule has 0 saturated heterocycles. The molecule has 1 aromatic heterocycles. The molecule has 1 unspecified atom stereocenters. The fourth-order valence-corrected chi connectivity index (χ4v) is 5.54. The van der Waals surface area contributed by atoms with E-state index in [0.717, 1.165) is 21.6 Å². The number of hydrogen-bond donors (Lipinski definition) is 2. The number of nitrogens with one attached hydrogen (secondary N) is 1. The SMILES string of the molecule is COc1cccc(C(C#CCOCc2ccccc2)c2cc3c(cc2O)NC(=O)/C3=C\c2sccc2C)c1OC. The fraction of sp³-hybridized carbons (Fsp3) is 0.182. The Bertz CT molecular complexity index is 1630. The number of carbonyl (C=O) groups excluding carboxylic acids is 1. The van der Waals surface area contributed by atoms with Gasteiger partial charge in [-0.15, -0.1) is 11.3 Å². The zero-order valence-electron chi connectivity index (χ0n) is 22.5. The maximum atomic E-state index is 12.9. The molecule has 7 heteroatoms. The van der Waals surface area contributed by atoms with Crippen LogP contribution in [0.25, 0.3) is 11.6 Å². The van der Waals surface area contributed by atoms with Crippen LogP contribution in [0.3, 0.4) is 0 Å². The van der Waals surface area contributed by atoms with E-state index >= 15 is 0 Å². The highest BCUT2D eigenvalue weighted by Gasteiger charge is 2.29. The molecule has 1 atom stereocenters. The first kappa shape index (κ1) is 27.1. The minimum Gasteiger partial charge on any atom is -0.508 e. The van der Waals surface area contributed by atoms with Crippen molar-refractivity contribution in [1.82, 2.24) is 0 Å². The van der Waals surface area contributed by atoms with Crippen LogP contribution in [0.15, 0.2) is 72.1 Å². The number of para-hydroxylation sites is 1. The number of phenols is 1. The van der Waals surface area contributed by atoms with Gasteiger partial charge in [0.25, 0.3) is 5.91 Å². The van der Waals surface area contributed by atoms with Gasteiger partial charge in [-0.3, -0.25) is 4.79 Å². The Morgan fingerprint density at radius 1 is 1.02 bits per heavy atom. The molecule has 1 aliphatic rings. The Labute approximate surface area is 237 Å². The number of hydrogen-bond acceptors (Lipinski definition) is 6. The zero-order valence-corrected chi connectivity index (χ0v) is 23.3. The van der Waals surface area contributed by atoms with E-state index in [0.29, 0.717) is 40.5 Å². The van der Waals surface area contributed by atoms with Crippen LogP contribution in [-0.2, 0) is 16.1 Å². The van der Waals surface area contributed by atoms with E-state index in [-0.39, 0.29) is 18.3 Å². The number of amides is 1. The summed E-state index contributed by atoms with van der Waals surface area (Å²) in [4.78, 5) is 13.9. The maximum Gasteiger partial charge on any atom is 0.256 e. The van der Waals surface area contributed by atoms with E-state index in [2.05, 4.69) is 17.2 Å². The van der Waals surface area contributed by atoms with Crippen molar-refractivity contribution in [2.75, 3.05) is 26.1 Å². The number of anilines is 1. The molecule has 202 valence electrons. The summed E-state index contributed by atoms with van der Waals surface area (Å²) >= 11 is 1.57. The average molecular weight is 552 g/mol. The number of carbonyl (C=O) groups is 1. The van der Waals surface area contributed by atoms with E-state index in [9.17, 15) is 9.90 Å². The summed E-state index contributed by atoms with van der Waals surface area (Å²) in [5.41, 5.74) is 5.23. The third-order valence-electron chi connectivity index (χ3n) is 6.71. The van der Waals surface area contributed by atoms with Gasteiger partial charge in [0.1, 0.15) is 12.4 Å². The second-order valence-electron chi connectivity index (χ2n) is 9.25. The van der Waals surface area contributed by atoms with Crippen molar-refractivity contribution in [2.24, 2.45) is 0 Å². The van der Waals surface area contributed by atoms with E-state index in [1.165, 1.54) is 0 Å². The van der Waals surface area contributed by atoms with Crippen LogP contribution in [0, 0.1) is 18.8 Å². The topological polar surface area (TPSA) is 77.0 Å². The Morgan fingerprint density at radius 2 is 1.85 bits per heavy atom. The van der Waals surface area contributed by atoms with E-state index in [1.54, 1.807) is 31.6 Å². The van der Waals surface area contributed by atoms with Crippen LogP contribution in [0.4, 0.5) is 5.69 Å². The molecule has 40 heavy (non-hydrogen) atoms. The summed E-state index contributed by atoms with van der Waals surface area (Å²) in [5.74, 6) is 6.70. The number of ether oxygens (including phenoxy) is 3. The molecular weight excluding hydrogens is 522 g/mol. The quantitative estimate of drug-likeness (QED) is 0.146. The largest absolute Gasteiger partial charge is 0.508 e. The van der Waals surface area contributed by atoms with Gasteiger partial charge in [0.05, 0.1) is 38.0 Å². The Kier molecular flexibility index (Phi) is 8.20. The lowest BCUT2D eigenvalue weighted by molar-refractivity contribution is -0.110. The predicted octanol–water partition coefficient (Wildman–Crippen LogP) is 6.62. The molecule has 2 N–H and O–H groups in total. The fourth-order valence-electron chi connectivity index (χ4n) is 4.68. The number of thiophene rings is 1. The molecule has 0 saturated carbocycles. The predicted molar refractivity (Wildman–Crippen MR) is 159 cm³/mol. The molecule has 0 fully saturated rings. The zero-order chi connectivity index (χ0) is 28.1. The second kappa shape index (κ2) is 12.1. The van der Waals surface area contributed by atoms with Gasteiger partial charge < -0.3 is 24.6 Å². The number of aromatic hydroxyl groups is 1. The maximum absolute atomic E-state index is 12.9. The van der Waals surface area contributed by atoms with Crippen molar-refractivity contribution in [1.29, 1.82) is 0 Å². The molecule has 3 aromatic carbocycles. The second-order valence-corrected chi connectivity index (χ2v) is 10.2. The van der Waals surface area contributed by atoms with Crippen LogP contribution in [-0.4, -0.2) is 31.8 Å². The summed E-state index contributed by atoms with van der Waals surface area (Å²) in [7, 11) is 3.15. The molecule has 2 heterocycles. The summed E-state index contributed by atoms with van der Waals surface area (Å²) in [6, 6.07) is 20.9. The highest BCUT2D eigenvalue weighted by atomic mass is 32.1. The molecule has 0 radical (unpaired) electrons. The first-order valence-corrected chi connectivity index (χ1v) is 13.6. The number of benzene rings is 3. The van der Waals surface area contributed by atoms with Crippen LogP contribution < -0.4 is 14.8 Å². The van der Waals surface area contributed by atoms with Gasteiger partial charge >= 0.3 is 0 Å². The van der Waals surface area contributed by atoms with Crippen molar-refractivity contribution in [2.45, 2.75) is 19.4 Å². The van der Waals surface area contributed by atoms with Crippen LogP contribution in [0.1, 0.15) is 38.6 Å². The Hall–Kier alpha value is -4.51. The molecule has 0 spiro atoms. The lowest BCUT2D eigenvalue weighted by Gasteiger charge is -2.19. The van der Waals surface area contributed by atoms with Gasteiger partial charge in [-0.05, 0) is 47.7 Å². The monoisotopic (exact) mass is 551 g/mol. The lowest BCUT2D eigenvalue weighted by atomic mass is 9.88. The van der Waals surface area contributed by atoms with E-state index in [4.69, 9.17) is 14.2 Å². The minimum atomic E-state index is -0.587. The van der Waals surface area contributed by atoms with Gasteiger partial charge in [0, 0.05) is 27.6 Å². The van der Waals surface area contributed by atoms with Crippen molar-refractivity contribution in [3.8, 4) is 29.1 Å². The molecule has 4 aromatic rings. The first-order valence-electron chi connectivity index (χ1n) is 12.8. The summed E-state index contributed by atoms with van der Waals surface area (Å²) in [6.07, 6.45) is 1.90. The molecule has 1 aliphatic heterocycles. The molecular formula is C33H29NO5S. The van der Waals surface area contributed by atoms with Crippen molar-refractivity contribution >= 4 is 34.6 Å². The molecule has 0 aliphatic carbocycles. The Balaban J connectivity index is 1.56. The smallest absolute Gasteiger partial charge is 0.256 e. The summed E-state index contributed by atoms with van der Waals surface area (Å²) in [5, 5.41) is 16.1. The summed E-state index contributed by atoms with van der Waals surface area (Å²) < 4.78 is 17.1. The van der Waals surface area contributed by atoms with Crippen LogP contribution in [0.2, 0.25) is 0 Å². The number of fused-ring (bicyclic) bond motifs is 1. The highest BCUT2D eigenvalue weighted by Crippen LogP contribution is 2.45. The van der Waals surface area contributed by atoms with Gasteiger partial charge in [0.15, 0.2) is 11.5 Å². The van der Waals surface area contributed by atoms with Crippen molar-refractivity contribution < 1.29 is 24.1 Å². The number of rotatable bonds is 8. The van der Waals surface area contributed by atoms with Crippen molar-refractivity contribution in [3.63, 3.8) is 0 Å². The Morgan fingerprint density at radius 3 is 2.58 bits per heavy atom. The number of aryl methyl sites for hydroxylation is 1. The molecule has 1 amide bonds. The van der Waals surface area contributed by atoms with Crippen LogP contribution in [0.5, 0.6) is 17.2 Å². The van der Waals surface area contributed by atoms with E-state index in [1.807, 2.05) is 79.0 Å². The molecule has 6 nitrogen and oxygen atoms in total. The van der Waals surface area contributed by atoms with Gasteiger partial charge in [-0.1, -0.05) is 54.3 Å². The standard InChI is InChI=1S/C33H29NO5S/c1-21-14-16-40-31(21)18-27-25-17-26(29(35)19-28(25)34-33(27)36)23(24-11-7-13-30(37-2)32(24)38-3)12-8-15-39-20-22-9-5-4-6-10-22/h4-7,9-11,13-14,16-19,23,35H,15,20H2,1-3H3,(H,34,36)/b27-18-. The van der Waals surface area contributed by atoms with Crippen molar-refractivity contribution in [3.05, 3.63) is 105 Å². The molecule has 5 rings (SSSR count). The van der Waals surface area contributed by atoms with Gasteiger partial charge in [-0.25, -0.2) is 0 Å². The number of phenolic OH excluding ortho intramolecular Hbond substituents is 1. The summed E-state index contributed by atoms with van der Waals surface area (Å²) in [6.45, 7) is 2.66. The number of methoxy groups -OCH3 is 2. The third-order valence-corrected chi connectivity index (χ3v) is 7.68. The first-order chi connectivity index (χ1) is 19.5. The average Bonchev–Trinajstić information content (AvgIpc) is 3.51. The van der Waals surface area contributed by atoms with Gasteiger partial charge in [0.2, 0.25) is 0 Å². The highest BCUT2D eigenvalue weighted by molar-refractivity contribution is 7.11. The van der Waals surface area contributed by atoms with Gasteiger partial charge in [-0.2, -0.15) is 0 Å². The lowest BCUT2D eigenvalue weighted by Crippen LogP contribution is -2.05. The molecule has 0 bridgehead atoms.